The van der Waals surface area contributed by atoms with Crippen molar-refractivity contribution in [1.29, 1.82) is 0 Å². The van der Waals surface area contributed by atoms with Gasteiger partial charge >= 0.3 is 0 Å². The van der Waals surface area contributed by atoms with Crippen molar-refractivity contribution < 1.29 is 9.53 Å². The molecule has 0 aromatic rings. The molecule has 0 bridgehead atoms. The number of hydrogen-bond donors (Lipinski definition) is 0. The quantitative estimate of drug-likeness (QED) is 0.741. The molecule has 2 aliphatic rings. The molecule has 16 heavy (non-hydrogen) atoms. The van der Waals surface area contributed by atoms with Gasteiger partial charge in [-0.2, -0.15) is 11.8 Å². The van der Waals surface area contributed by atoms with Crippen molar-refractivity contribution in [2.75, 3.05) is 12.4 Å². The molecule has 0 amide bonds. The predicted molar refractivity (Wildman–Crippen MR) is 67.9 cm³/mol. The van der Waals surface area contributed by atoms with E-state index in [-0.39, 0.29) is 0 Å². The minimum atomic E-state index is 0.319. The largest absolute Gasteiger partial charge is 0.378 e. The second-order valence-electron chi connectivity index (χ2n) is 4.94. The van der Waals surface area contributed by atoms with Gasteiger partial charge in [0.1, 0.15) is 5.78 Å². The molecule has 0 spiro atoms. The van der Waals surface area contributed by atoms with E-state index in [2.05, 4.69) is 0 Å². The summed E-state index contributed by atoms with van der Waals surface area (Å²) >= 11 is 1.88. The number of Topliss-reactive ketones (excluding diaryl/α,β-unsaturated/α-hetero) is 1. The molecule has 1 saturated carbocycles. The Morgan fingerprint density at radius 1 is 1.38 bits per heavy atom. The number of carbonyl (C=O) groups is 1. The zero-order chi connectivity index (χ0) is 11.4. The number of ketones is 1. The van der Waals surface area contributed by atoms with Crippen LogP contribution in [0.3, 0.4) is 0 Å². The Hall–Kier alpha value is -0.0200. The van der Waals surface area contributed by atoms with Gasteiger partial charge in [0, 0.05) is 13.0 Å². The Morgan fingerprint density at radius 3 is 2.81 bits per heavy atom. The van der Waals surface area contributed by atoms with Crippen molar-refractivity contribution in [3.63, 3.8) is 0 Å². The minimum Gasteiger partial charge on any atom is -0.378 e. The van der Waals surface area contributed by atoms with Gasteiger partial charge in [-0.3, -0.25) is 4.79 Å². The summed E-state index contributed by atoms with van der Waals surface area (Å²) in [6.07, 6.45) is 7.13. The van der Waals surface area contributed by atoms with E-state index in [0.29, 0.717) is 23.1 Å². The van der Waals surface area contributed by atoms with Gasteiger partial charge in [0.25, 0.3) is 0 Å². The molecule has 1 heterocycles. The monoisotopic (exact) mass is 242 g/mol. The van der Waals surface area contributed by atoms with Gasteiger partial charge in [0.05, 0.1) is 11.4 Å². The average molecular weight is 242 g/mol. The topological polar surface area (TPSA) is 26.3 Å². The lowest BCUT2D eigenvalue weighted by Gasteiger charge is -2.35. The average Bonchev–Trinajstić information content (AvgIpc) is 2.27. The summed E-state index contributed by atoms with van der Waals surface area (Å²) in [6, 6.07) is 0. The first-order valence-electron chi connectivity index (χ1n) is 6.55. The third kappa shape index (κ3) is 3.24. The normalized spacial score (nSPS) is 34.4. The fourth-order valence-corrected chi connectivity index (χ4v) is 3.89. The molecule has 0 aromatic heterocycles. The molecule has 0 aromatic carbocycles. The van der Waals surface area contributed by atoms with Crippen LogP contribution in [0, 0.1) is 5.92 Å². The third-order valence-corrected chi connectivity index (χ3v) is 5.05. The maximum Gasteiger partial charge on any atom is 0.146 e. The van der Waals surface area contributed by atoms with Crippen LogP contribution in [-0.4, -0.2) is 29.5 Å². The van der Waals surface area contributed by atoms with Gasteiger partial charge < -0.3 is 4.74 Å². The van der Waals surface area contributed by atoms with E-state index in [1.807, 2.05) is 18.7 Å². The molecule has 1 unspecified atom stereocenters. The SMILES string of the molecule is CCOC1CC(CC(=O)C2CCCCS2)C1. The Balaban J connectivity index is 1.64. The van der Waals surface area contributed by atoms with E-state index >= 15 is 0 Å². The highest BCUT2D eigenvalue weighted by molar-refractivity contribution is 8.00. The lowest BCUT2D eigenvalue weighted by Crippen LogP contribution is -2.34. The molecule has 1 atom stereocenters. The second-order valence-corrected chi connectivity index (χ2v) is 6.25. The van der Waals surface area contributed by atoms with Gasteiger partial charge in [-0.25, -0.2) is 0 Å². The molecule has 3 heteroatoms. The molecule has 2 nitrogen and oxygen atoms in total. The van der Waals surface area contributed by atoms with Gasteiger partial charge in [-0.05, 0) is 44.3 Å². The lowest BCUT2D eigenvalue weighted by atomic mass is 9.78. The van der Waals surface area contributed by atoms with Crippen molar-refractivity contribution in [2.45, 2.75) is 56.8 Å². The molecule has 0 radical (unpaired) electrons. The van der Waals surface area contributed by atoms with E-state index in [1.165, 1.54) is 18.6 Å². The fourth-order valence-electron chi connectivity index (χ4n) is 2.62. The molecule has 2 fully saturated rings. The van der Waals surface area contributed by atoms with Crippen molar-refractivity contribution in [2.24, 2.45) is 5.92 Å². The second kappa shape index (κ2) is 6.06. The first-order chi connectivity index (χ1) is 7.79. The first kappa shape index (κ1) is 12.4. The minimum absolute atomic E-state index is 0.319. The van der Waals surface area contributed by atoms with Crippen LogP contribution in [0.25, 0.3) is 0 Å². The summed E-state index contributed by atoms with van der Waals surface area (Å²) in [5.41, 5.74) is 0. The third-order valence-electron chi connectivity index (χ3n) is 3.62. The summed E-state index contributed by atoms with van der Waals surface area (Å²) in [7, 11) is 0. The predicted octanol–water partition coefficient (Wildman–Crippen LogP) is 3.05. The number of hydrogen-bond acceptors (Lipinski definition) is 3. The van der Waals surface area contributed by atoms with Crippen molar-refractivity contribution in [1.82, 2.24) is 0 Å². The van der Waals surface area contributed by atoms with E-state index in [9.17, 15) is 4.79 Å². The van der Waals surface area contributed by atoms with E-state index in [0.717, 1.165) is 32.3 Å². The molecule has 2 rings (SSSR count). The molecule has 92 valence electrons. The van der Waals surface area contributed by atoms with Crippen LogP contribution in [-0.2, 0) is 9.53 Å². The maximum atomic E-state index is 12.0. The Morgan fingerprint density at radius 2 is 2.19 bits per heavy atom. The molecular weight excluding hydrogens is 220 g/mol. The Kier molecular flexibility index (Phi) is 4.71. The van der Waals surface area contributed by atoms with Crippen molar-refractivity contribution in [3.05, 3.63) is 0 Å². The van der Waals surface area contributed by atoms with Crippen LogP contribution in [0.1, 0.15) is 45.4 Å². The Bertz CT molecular complexity index is 230. The van der Waals surface area contributed by atoms with Crippen LogP contribution in [0.15, 0.2) is 0 Å². The highest BCUT2D eigenvalue weighted by Gasteiger charge is 2.33. The van der Waals surface area contributed by atoms with Gasteiger partial charge in [0.2, 0.25) is 0 Å². The molecule has 1 aliphatic heterocycles. The van der Waals surface area contributed by atoms with Crippen LogP contribution in [0.4, 0.5) is 0 Å². The van der Waals surface area contributed by atoms with Crippen molar-refractivity contribution in [3.8, 4) is 0 Å². The van der Waals surface area contributed by atoms with Crippen LogP contribution in [0.2, 0.25) is 0 Å². The van der Waals surface area contributed by atoms with E-state index < -0.39 is 0 Å². The zero-order valence-electron chi connectivity index (χ0n) is 10.1. The number of carbonyl (C=O) groups excluding carboxylic acids is 1. The zero-order valence-corrected chi connectivity index (χ0v) is 10.9. The summed E-state index contributed by atoms with van der Waals surface area (Å²) in [4.78, 5) is 12.0. The van der Waals surface area contributed by atoms with Gasteiger partial charge in [0.15, 0.2) is 0 Å². The van der Waals surface area contributed by atoms with Crippen LogP contribution >= 0.6 is 11.8 Å². The van der Waals surface area contributed by atoms with Crippen molar-refractivity contribution >= 4 is 17.5 Å². The lowest BCUT2D eigenvalue weighted by molar-refractivity contribution is -0.121. The van der Waals surface area contributed by atoms with Crippen LogP contribution in [0.5, 0.6) is 0 Å². The summed E-state index contributed by atoms with van der Waals surface area (Å²) < 4.78 is 5.52. The summed E-state index contributed by atoms with van der Waals surface area (Å²) in [5, 5.41) is 0.319. The first-order valence-corrected chi connectivity index (χ1v) is 7.60. The molecular formula is C13H22O2S. The summed E-state index contributed by atoms with van der Waals surface area (Å²) in [6.45, 7) is 2.85. The smallest absolute Gasteiger partial charge is 0.146 e. The van der Waals surface area contributed by atoms with E-state index in [4.69, 9.17) is 4.74 Å². The molecule has 0 N–H and O–H groups in total. The fraction of sp³-hybridized carbons (Fsp3) is 0.923. The summed E-state index contributed by atoms with van der Waals surface area (Å²) in [5.74, 6) is 2.30. The standard InChI is InChI=1S/C13H22O2S/c1-2-15-11-7-10(8-11)9-12(14)13-5-3-4-6-16-13/h10-11,13H,2-9H2,1H3. The Labute approximate surface area is 103 Å². The highest BCUT2D eigenvalue weighted by atomic mass is 32.2. The number of ether oxygens (including phenoxy) is 1. The maximum absolute atomic E-state index is 12.0. The van der Waals surface area contributed by atoms with Crippen LogP contribution < -0.4 is 0 Å². The highest BCUT2D eigenvalue weighted by Crippen LogP contribution is 2.35. The van der Waals surface area contributed by atoms with Gasteiger partial charge in [-0.1, -0.05) is 6.42 Å². The van der Waals surface area contributed by atoms with E-state index in [1.54, 1.807) is 0 Å². The number of rotatable bonds is 5. The molecule has 1 aliphatic carbocycles. The van der Waals surface area contributed by atoms with Gasteiger partial charge in [-0.15, -0.1) is 0 Å². The molecule has 1 saturated heterocycles. The number of thioether (sulfide) groups is 1.